The zero-order valence-corrected chi connectivity index (χ0v) is 18.7. The summed E-state index contributed by atoms with van der Waals surface area (Å²) in [5.41, 5.74) is 0. The number of hydrogen-bond acceptors (Lipinski definition) is 1. The Kier molecular flexibility index (Phi) is 19.1. The van der Waals surface area contributed by atoms with Gasteiger partial charge in [0.15, 0.2) is 0 Å². The molecule has 140 valence electrons. The van der Waals surface area contributed by atoms with Gasteiger partial charge < -0.3 is 0 Å². The minimum atomic E-state index is 0. The summed E-state index contributed by atoms with van der Waals surface area (Å²) in [6, 6.07) is 0. The zero-order valence-electron chi connectivity index (χ0n) is 15.7. The van der Waals surface area contributed by atoms with Crippen molar-refractivity contribution < 1.29 is 34.1 Å². The van der Waals surface area contributed by atoms with E-state index in [0.717, 1.165) is 6.42 Å². The molecule has 0 aromatic rings. The van der Waals surface area contributed by atoms with Gasteiger partial charge in [-0.3, -0.25) is 0 Å². The Morgan fingerprint density at radius 2 is 1.04 bits per heavy atom. The van der Waals surface area contributed by atoms with Crippen molar-refractivity contribution >= 4 is 11.8 Å². The van der Waals surface area contributed by atoms with Crippen molar-refractivity contribution in [1.29, 1.82) is 0 Å². The van der Waals surface area contributed by atoms with E-state index in [1.807, 2.05) is 76.0 Å². The third kappa shape index (κ3) is 13.3. The van der Waals surface area contributed by atoms with Crippen LogP contribution in [-0.4, -0.2) is 5.25 Å². The third-order valence-electron chi connectivity index (χ3n) is 3.46. The molecule has 0 spiro atoms. The Bertz CT molecular complexity index is 282. The average Bonchev–Trinajstić information content (AvgIpc) is 3.41. The first-order valence-corrected chi connectivity index (χ1v) is 9.59. The van der Waals surface area contributed by atoms with Crippen molar-refractivity contribution in [2.45, 2.75) is 25.5 Å². The van der Waals surface area contributed by atoms with Crippen LogP contribution in [0.4, 0.5) is 0 Å². The van der Waals surface area contributed by atoms with E-state index in [2.05, 4.69) is 58.8 Å². The molecule has 4 fully saturated rings. The second-order valence-corrected chi connectivity index (χ2v) is 7.59. The fourth-order valence-corrected chi connectivity index (χ4v) is 3.31. The molecule has 0 bridgehead atoms. The minimum absolute atomic E-state index is 0. The van der Waals surface area contributed by atoms with Crippen LogP contribution in [0, 0.1) is 126 Å². The van der Waals surface area contributed by atoms with E-state index in [4.69, 9.17) is 0 Å². The molecule has 0 saturated heterocycles. The van der Waals surface area contributed by atoms with Gasteiger partial charge in [0.2, 0.25) is 0 Å². The maximum absolute atomic E-state index is 2.24. The Labute approximate surface area is 196 Å². The first-order chi connectivity index (χ1) is 12.3. The van der Waals surface area contributed by atoms with Gasteiger partial charge in [0, 0.05) is 5.25 Å². The van der Waals surface area contributed by atoms with Crippen LogP contribution in [0.15, 0.2) is 0 Å². The molecule has 0 N–H and O–H groups in total. The number of hydrogen-bond donors (Lipinski definition) is 0. The van der Waals surface area contributed by atoms with E-state index >= 15 is 0 Å². The monoisotopic (exact) mass is 458 g/mol. The van der Waals surface area contributed by atoms with E-state index in [9.17, 15) is 0 Å². The fraction of sp³-hybridized carbons (Fsp3) is 0.167. The van der Waals surface area contributed by atoms with E-state index in [1.54, 1.807) is 0 Å². The summed E-state index contributed by atoms with van der Waals surface area (Å²) in [4.78, 5) is 0. The van der Waals surface area contributed by atoms with Gasteiger partial charge in [-0.2, -0.15) is 0 Å². The molecule has 4 aliphatic rings. The molecule has 0 atom stereocenters. The predicted molar refractivity (Wildman–Crippen MR) is 110 cm³/mol. The van der Waals surface area contributed by atoms with Gasteiger partial charge in [0.1, 0.15) is 0 Å². The first-order valence-electron chi connectivity index (χ1n) is 8.71. The second-order valence-electron chi connectivity index (χ2n) is 5.98. The summed E-state index contributed by atoms with van der Waals surface area (Å²) in [7, 11) is 0. The van der Waals surface area contributed by atoms with E-state index < -0.39 is 0 Å². The largest absolute Gasteiger partial charge is 2.00 e. The fourth-order valence-electron chi connectivity index (χ4n) is 2.35. The van der Waals surface area contributed by atoms with Crippen LogP contribution in [0.1, 0.15) is 20.3 Å². The van der Waals surface area contributed by atoms with Gasteiger partial charge in [-0.1, -0.05) is 13.8 Å². The molecule has 0 aromatic heterocycles. The van der Waals surface area contributed by atoms with Gasteiger partial charge >= 0.3 is 34.1 Å². The summed E-state index contributed by atoms with van der Waals surface area (Å²) in [6.45, 7) is 4.48. The van der Waals surface area contributed by atoms with Crippen molar-refractivity contribution in [2.75, 3.05) is 0 Å². The molecule has 4 rings (SSSR count). The van der Waals surface area contributed by atoms with Crippen molar-refractivity contribution in [1.82, 2.24) is 0 Å². The third-order valence-corrected chi connectivity index (χ3v) is 4.59. The topological polar surface area (TPSA) is 0 Å². The number of thioether (sulfide) groups is 1. The van der Waals surface area contributed by atoms with E-state index in [0.29, 0.717) is 5.25 Å². The molecule has 27 heavy (non-hydrogen) atoms. The normalized spacial score (nSPS) is 23.2. The Morgan fingerprint density at radius 3 is 1.44 bits per heavy atom. The second kappa shape index (κ2) is 18.2. The Hall–Kier alpha value is 1.39. The molecule has 3 heteroatoms. The molecule has 4 saturated carbocycles. The molecule has 0 amide bonds. The Balaban J connectivity index is 0.000000465. The van der Waals surface area contributed by atoms with Crippen molar-refractivity contribution in [3.8, 4) is 0 Å². The van der Waals surface area contributed by atoms with Crippen molar-refractivity contribution in [2.24, 2.45) is 0 Å². The molecule has 0 nitrogen and oxygen atoms in total. The van der Waals surface area contributed by atoms with Gasteiger partial charge in [0.05, 0.1) is 0 Å². The SMILES string of the molecule is CC(C)S[C]1[CH][CH][CH][C]1C[C]1[CH][CH][CH][CH]1.[CH]1[CH][CH][CH][CH]1.[CH]1[CH][CH][CH][CH]1.[Fe+2].[Fe+2]. The molecule has 0 unspecified atom stereocenters. The van der Waals surface area contributed by atoms with Crippen LogP contribution in [0.2, 0.25) is 0 Å². The standard InChI is InChI=1S/C14H16S.2C5H5.2Fe/c1-11(2)15-14-9-5-8-13(14)10-12-6-3-4-7-12;2*1-2-4-5-3-1;;/h3-9,11H,10H2,1-2H3;2*1-5H;;/q;;;2*+2. The Morgan fingerprint density at radius 1 is 0.593 bits per heavy atom. The van der Waals surface area contributed by atoms with Crippen molar-refractivity contribution in [3.63, 3.8) is 0 Å². The van der Waals surface area contributed by atoms with Gasteiger partial charge in [-0.15, -0.1) is 11.8 Å². The summed E-state index contributed by atoms with van der Waals surface area (Å²) in [5, 5.41) is 2.09. The molecule has 0 aromatic carbocycles. The van der Waals surface area contributed by atoms with Crippen LogP contribution < -0.4 is 0 Å². The molecular weight excluding hydrogens is 432 g/mol. The van der Waals surface area contributed by atoms with E-state index in [1.165, 1.54) is 17.1 Å². The molecule has 0 heterocycles. The summed E-state index contributed by atoms with van der Waals surface area (Å²) < 4.78 is 0. The maximum atomic E-state index is 2.24. The minimum Gasteiger partial charge on any atom is -0.150 e. The van der Waals surface area contributed by atoms with Crippen LogP contribution >= 0.6 is 11.8 Å². The first kappa shape index (κ1) is 28.4. The average molecular weight is 458 g/mol. The van der Waals surface area contributed by atoms with Gasteiger partial charge in [0.25, 0.3) is 0 Å². The van der Waals surface area contributed by atoms with Gasteiger partial charge in [-0.05, 0) is 133 Å². The summed E-state index contributed by atoms with van der Waals surface area (Å²) in [5.74, 6) is 2.87. The van der Waals surface area contributed by atoms with Crippen LogP contribution in [0.3, 0.4) is 0 Å². The van der Waals surface area contributed by atoms with E-state index in [-0.39, 0.29) is 34.1 Å². The molecule has 4 aliphatic carbocycles. The van der Waals surface area contributed by atoms with Crippen LogP contribution in [0.5, 0.6) is 0 Å². The number of rotatable bonds is 4. The molecule has 0 aliphatic heterocycles. The predicted octanol–water partition coefficient (Wildman–Crippen LogP) is 5.69. The summed E-state index contributed by atoms with van der Waals surface area (Å²) >= 11 is 1.95. The van der Waals surface area contributed by atoms with Crippen molar-refractivity contribution in [3.05, 3.63) is 126 Å². The summed E-state index contributed by atoms with van der Waals surface area (Å²) in [6.07, 6.45) is 36.3. The smallest absolute Gasteiger partial charge is 0.150 e. The molecule has 20 radical (unpaired) electrons. The molecular formula is C24H26Fe2S+4. The maximum Gasteiger partial charge on any atom is 2.00 e. The quantitative estimate of drug-likeness (QED) is 0.488. The van der Waals surface area contributed by atoms with Crippen LogP contribution in [-0.2, 0) is 34.1 Å². The van der Waals surface area contributed by atoms with Gasteiger partial charge in [-0.25, -0.2) is 0 Å². The van der Waals surface area contributed by atoms with Crippen LogP contribution in [0.25, 0.3) is 0 Å². The zero-order chi connectivity index (χ0) is 17.7.